The lowest BCUT2D eigenvalue weighted by Crippen LogP contribution is -2.24. The van der Waals surface area contributed by atoms with E-state index in [0.29, 0.717) is 12.1 Å². The average Bonchev–Trinajstić information content (AvgIpc) is 2.17. The van der Waals surface area contributed by atoms with E-state index in [-0.39, 0.29) is 10.9 Å². The third-order valence-corrected chi connectivity index (χ3v) is 2.85. The van der Waals surface area contributed by atoms with Gasteiger partial charge in [0, 0.05) is 11.0 Å². The molecule has 1 amide bonds. The maximum Gasteiger partial charge on any atom is 0.252 e. The number of nitrogens with one attached hydrogen (secondary N) is 1. The number of halogens is 3. The van der Waals surface area contributed by atoms with Crippen molar-refractivity contribution >= 4 is 40.1 Å². The molecule has 15 heavy (non-hydrogen) atoms. The van der Waals surface area contributed by atoms with E-state index in [2.05, 4.69) is 27.9 Å². The van der Waals surface area contributed by atoms with E-state index in [0.717, 1.165) is 16.9 Å². The average molecular weight is 342 g/mol. The number of alkyl halides is 1. The first-order chi connectivity index (χ1) is 7.15. The summed E-state index contributed by atoms with van der Waals surface area (Å²) >= 11 is 7.97. The summed E-state index contributed by atoms with van der Waals surface area (Å²) in [7, 11) is 0. The Morgan fingerprint density at radius 1 is 1.53 bits per heavy atom. The number of amides is 1. The molecule has 0 bridgehead atoms. The van der Waals surface area contributed by atoms with Gasteiger partial charge in [0.2, 0.25) is 0 Å². The van der Waals surface area contributed by atoms with Crippen LogP contribution in [0.5, 0.6) is 0 Å². The zero-order valence-corrected chi connectivity index (χ0v) is 10.8. The largest absolute Gasteiger partial charge is 0.352 e. The maximum absolute atomic E-state index is 12.7. The summed E-state index contributed by atoms with van der Waals surface area (Å²) in [5.41, 5.74) is 0.312. The molecule has 0 radical (unpaired) electrons. The predicted octanol–water partition coefficient (Wildman–Crippen LogP) is 3.03. The minimum Gasteiger partial charge on any atom is -0.352 e. The first kappa shape index (κ1) is 12.7. The number of rotatable bonds is 4. The Kier molecular flexibility index (Phi) is 5.31. The maximum atomic E-state index is 12.7. The van der Waals surface area contributed by atoms with Crippen LogP contribution in [-0.4, -0.2) is 16.9 Å². The van der Waals surface area contributed by atoms with Gasteiger partial charge in [0.25, 0.3) is 5.91 Å². The Bertz CT molecular complexity index is 359. The van der Waals surface area contributed by atoms with Crippen molar-refractivity contribution < 1.29 is 9.18 Å². The summed E-state index contributed by atoms with van der Waals surface area (Å²) in [6.07, 6.45) is 0.908. The van der Waals surface area contributed by atoms with E-state index < -0.39 is 5.82 Å². The molecule has 0 aromatic heterocycles. The van der Waals surface area contributed by atoms with Crippen LogP contribution < -0.4 is 5.32 Å². The van der Waals surface area contributed by atoms with Crippen LogP contribution in [0.1, 0.15) is 16.8 Å². The van der Waals surface area contributed by atoms with Crippen LogP contribution in [0.2, 0.25) is 5.02 Å². The second-order valence-corrected chi connectivity index (χ2v) is 4.41. The summed E-state index contributed by atoms with van der Waals surface area (Å²) in [6.45, 7) is 0.607. The highest BCUT2D eigenvalue weighted by molar-refractivity contribution is 14.1. The van der Waals surface area contributed by atoms with Crippen LogP contribution in [0.4, 0.5) is 4.39 Å². The molecule has 1 rings (SSSR count). The second kappa shape index (κ2) is 6.27. The van der Waals surface area contributed by atoms with Crippen molar-refractivity contribution in [2.75, 3.05) is 11.0 Å². The Labute approximate surface area is 106 Å². The monoisotopic (exact) mass is 341 g/mol. The molecule has 0 unspecified atom stereocenters. The highest BCUT2D eigenvalue weighted by Gasteiger charge is 2.09. The first-order valence-corrected chi connectivity index (χ1v) is 6.34. The number of hydrogen-bond acceptors (Lipinski definition) is 1. The van der Waals surface area contributed by atoms with Gasteiger partial charge in [-0.3, -0.25) is 4.79 Å². The third-order valence-electron chi connectivity index (χ3n) is 1.77. The molecule has 0 aliphatic carbocycles. The van der Waals surface area contributed by atoms with E-state index in [9.17, 15) is 9.18 Å². The summed E-state index contributed by atoms with van der Waals surface area (Å²) in [5.74, 6) is -0.700. The summed E-state index contributed by atoms with van der Waals surface area (Å²) in [6, 6.07) is 3.74. The first-order valence-electron chi connectivity index (χ1n) is 4.44. The fraction of sp³-hybridized carbons (Fsp3) is 0.300. The number of carbonyl (C=O) groups excluding carboxylic acids is 1. The summed E-state index contributed by atoms with van der Waals surface area (Å²) in [5, 5.41) is 2.85. The second-order valence-electron chi connectivity index (χ2n) is 2.92. The molecule has 0 aliphatic rings. The van der Waals surface area contributed by atoms with Gasteiger partial charge < -0.3 is 5.32 Å². The quantitative estimate of drug-likeness (QED) is 0.509. The molecule has 0 heterocycles. The molecule has 82 valence electrons. The molecule has 0 fully saturated rings. The summed E-state index contributed by atoms with van der Waals surface area (Å²) < 4.78 is 13.7. The molecular weight excluding hydrogens is 331 g/mol. The van der Waals surface area contributed by atoms with Crippen molar-refractivity contribution in [2.24, 2.45) is 0 Å². The third kappa shape index (κ3) is 3.95. The number of carbonyl (C=O) groups is 1. The molecule has 1 aromatic rings. The van der Waals surface area contributed by atoms with Crippen molar-refractivity contribution in [1.29, 1.82) is 0 Å². The highest BCUT2D eigenvalue weighted by atomic mass is 127. The van der Waals surface area contributed by atoms with Gasteiger partial charge in [-0.25, -0.2) is 4.39 Å². The molecule has 0 saturated heterocycles. The lowest BCUT2D eigenvalue weighted by Gasteiger charge is -2.05. The van der Waals surface area contributed by atoms with Crippen LogP contribution >= 0.6 is 34.2 Å². The molecule has 0 spiro atoms. The molecule has 1 aromatic carbocycles. The molecule has 0 saturated carbocycles. The minimum absolute atomic E-state index is 0.141. The Morgan fingerprint density at radius 2 is 2.27 bits per heavy atom. The van der Waals surface area contributed by atoms with Crippen LogP contribution in [0.25, 0.3) is 0 Å². The SMILES string of the molecule is O=C(NCCCI)c1ccc(F)cc1Cl. The fourth-order valence-corrected chi connectivity index (χ4v) is 1.67. The normalized spacial score (nSPS) is 10.1. The van der Waals surface area contributed by atoms with Crippen LogP contribution in [0.15, 0.2) is 18.2 Å². The fourth-order valence-electron chi connectivity index (χ4n) is 1.04. The molecular formula is C10H10ClFINO. The van der Waals surface area contributed by atoms with Gasteiger partial charge in [-0.15, -0.1) is 0 Å². The van der Waals surface area contributed by atoms with Gasteiger partial charge in [0.1, 0.15) is 5.82 Å². The van der Waals surface area contributed by atoms with Gasteiger partial charge >= 0.3 is 0 Å². The van der Waals surface area contributed by atoms with E-state index in [1.807, 2.05) is 0 Å². The molecule has 1 N–H and O–H groups in total. The molecule has 5 heteroatoms. The van der Waals surface area contributed by atoms with Crippen LogP contribution in [-0.2, 0) is 0 Å². The lowest BCUT2D eigenvalue weighted by atomic mass is 10.2. The van der Waals surface area contributed by atoms with Crippen molar-refractivity contribution in [3.8, 4) is 0 Å². The smallest absolute Gasteiger partial charge is 0.252 e. The zero-order valence-electron chi connectivity index (χ0n) is 7.90. The van der Waals surface area contributed by atoms with Gasteiger partial charge in [0.05, 0.1) is 10.6 Å². The Hall–Kier alpha value is -0.360. The van der Waals surface area contributed by atoms with E-state index in [4.69, 9.17) is 11.6 Å². The van der Waals surface area contributed by atoms with E-state index in [1.165, 1.54) is 12.1 Å². The Morgan fingerprint density at radius 3 is 2.87 bits per heavy atom. The van der Waals surface area contributed by atoms with Crippen molar-refractivity contribution in [1.82, 2.24) is 5.32 Å². The van der Waals surface area contributed by atoms with Crippen molar-refractivity contribution in [2.45, 2.75) is 6.42 Å². The molecule has 0 aliphatic heterocycles. The molecule has 0 atom stereocenters. The van der Waals surface area contributed by atoms with Gasteiger partial charge in [0.15, 0.2) is 0 Å². The van der Waals surface area contributed by atoms with Gasteiger partial charge in [-0.1, -0.05) is 34.2 Å². The Balaban J connectivity index is 2.65. The standard InChI is InChI=1S/C10H10ClFINO/c11-9-6-7(12)2-3-8(9)10(15)14-5-1-4-13/h2-3,6H,1,4-5H2,(H,14,15). The van der Waals surface area contributed by atoms with Gasteiger partial charge in [-0.05, 0) is 24.6 Å². The van der Waals surface area contributed by atoms with E-state index in [1.54, 1.807) is 0 Å². The predicted molar refractivity (Wildman–Crippen MR) is 67.2 cm³/mol. The summed E-state index contributed by atoms with van der Waals surface area (Å²) in [4.78, 5) is 11.5. The van der Waals surface area contributed by atoms with Crippen molar-refractivity contribution in [3.05, 3.63) is 34.6 Å². The minimum atomic E-state index is -0.441. The number of hydrogen-bond donors (Lipinski definition) is 1. The van der Waals surface area contributed by atoms with E-state index >= 15 is 0 Å². The van der Waals surface area contributed by atoms with Crippen LogP contribution in [0, 0.1) is 5.82 Å². The zero-order chi connectivity index (χ0) is 11.3. The number of benzene rings is 1. The van der Waals surface area contributed by atoms with Crippen LogP contribution in [0.3, 0.4) is 0 Å². The van der Waals surface area contributed by atoms with Crippen molar-refractivity contribution in [3.63, 3.8) is 0 Å². The molecule has 2 nitrogen and oxygen atoms in total. The van der Waals surface area contributed by atoms with Gasteiger partial charge in [-0.2, -0.15) is 0 Å². The lowest BCUT2D eigenvalue weighted by molar-refractivity contribution is 0.0954. The highest BCUT2D eigenvalue weighted by Crippen LogP contribution is 2.16. The topological polar surface area (TPSA) is 29.1 Å².